The van der Waals surface area contributed by atoms with Gasteiger partial charge in [0.2, 0.25) is 0 Å². The van der Waals surface area contributed by atoms with Gasteiger partial charge in [0.15, 0.2) is 0 Å². The lowest BCUT2D eigenvalue weighted by molar-refractivity contribution is 0.370. The third-order valence-electron chi connectivity index (χ3n) is 4.79. The molecule has 0 saturated heterocycles. The Morgan fingerprint density at radius 3 is 2.89 bits per heavy atom. The van der Waals surface area contributed by atoms with Crippen LogP contribution in [0.15, 0.2) is 36.7 Å². The van der Waals surface area contributed by atoms with Gasteiger partial charge < -0.3 is 5.32 Å². The Labute approximate surface area is 115 Å². The van der Waals surface area contributed by atoms with Crippen LogP contribution in [0, 0.1) is 11.8 Å². The molecule has 1 aromatic heterocycles. The van der Waals surface area contributed by atoms with E-state index in [1.165, 1.54) is 29.2 Å². The van der Waals surface area contributed by atoms with Crippen molar-refractivity contribution in [2.24, 2.45) is 11.8 Å². The SMILES string of the molecule is CC1CCC(NCc2cccc3cnccc23)C1C. The van der Waals surface area contributed by atoms with E-state index < -0.39 is 0 Å². The molecule has 1 saturated carbocycles. The van der Waals surface area contributed by atoms with E-state index in [0.717, 1.165) is 18.4 Å². The number of pyridine rings is 1. The maximum absolute atomic E-state index is 4.19. The number of aromatic nitrogens is 1. The highest BCUT2D eigenvalue weighted by molar-refractivity contribution is 5.84. The Morgan fingerprint density at radius 2 is 2.11 bits per heavy atom. The summed E-state index contributed by atoms with van der Waals surface area (Å²) in [4.78, 5) is 4.19. The van der Waals surface area contributed by atoms with Gasteiger partial charge in [-0.25, -0.2) is 0 Å². The van der Waals surface area contributed by atoms with E-state index >= 15 is 0 Å². The van der Waals surface area contributed by atoms with Crippen LogP contribution >= 0.6 is 0 Å². The normalized spacial score (nSPS) is 26.9. The molecule has 1 heterocycles. The summed E-state index contributed by atoms with van der Waals surface area (Å²) in [6.45, 7) is 5.71. The number of benzene rings is 1. The topological polar surface area (TPSA) is 24.9 Å². The lowest BCUT2D eigenvalue weighted by Crippen LogP contribution is -2.31. The molecule has 3 unspecified atom stereocenters. The molecule has 0 aliphatic heterocycles. The Morgan fingerprint density at radius 1 is 1.21 bits per heavy atom. The Balaban J connectivity index is 1.75. The minimum atomic E-state index is 0.673. The highest BCUT2D eigenvalue weighted by Crippen LogP contribution is 2.31. The fourth-order valence-electron chi connectivity index (χ4n) is 3.24. The molecule has 1 aromatic carbocycles. The van der Waals surface area contributed by atoms with E-state index in [0.29, 0.717) is 6.04 Å². The molecule has 19 heavy (non-hydrogen) atoms. The second-order valence-electron chi connectivity index (χ2n) is 5.92. The van der Waals surface area contributed by atoms with E-state index in [4.69, 9.17) is 0 Å². The average Bonchev–Trinajstić information content (AvgIpc) is 2.76. The fourth-order valence-corrected chi connectivity index (χ4v) is 3.24. The molecule has 0 amide bonds. The van der Waals surface area contributed by atoms with E-state index in [-0.39, 0.29) is 0 Å². The average molecular weight is 254 g/mol. The summed E-state index contributed by atoms with van der Waals surface area (Å²) in [5.41, 5.74) is 1.38. The predicted molar refractivity (Wildman–Crippen MR) is 79.9 cm³/mol. The summed E-state index contributed by atoms with van der Waals surface area (Å²) in [7, 11) is 0. The van der Waals surface area contributed by atoms with E-state index in [9.17, 15) is 0 Å². The van der Waals surface area contributed by atoms with Crippen LogP contribution in [0.25, 0.3) is 10.8 Å². The monoisotopic (exact) mass is 254 g/mol. The van der Waals surface area contributed by atoms with Gasteiger partial charge in [0.1, 0.15) is 0 Å². The maximum Gasteiger partial charge on any atom is 0.0346 e. The van der Waals surface area contributed by atoms with Crippen molar-refractivity contribution in [1.29, 1.82) is 0 Å². The molecule has 1 fully saturated rings. The summed E-state index contributed by atoms with van der Waals surface area (Å²) in [6.07, 6.45) is 6.50. The molecule has 1 aliphatic carbocycles. The molecule has 2 heteroatoms. The Hall–Kier alpha value is -1.41. The zero-order valence-electron chi connectivity index (χ0n) is 11.8. The Bertz CT molecular complexity index is 559. The number of nitrogens with one attached hydrogen (secondary N) is 1. The lowest BCUT2D eigenvalue weighted by atomic mass is 9.97. The number of hydrogen-bond acceptors (Lipinski definition) is 2. The molecule has 1 aliphatic rings. The molecule has 0 spiro atoms. The highest BCUT2D eigenvalue weighted by atomic mass is 14.9. The van der Waals surface area contributed by atoms with Crippen molar-refractivity contribution in [3.63, 3.8) is 0 Å². The van der Waals surface area contributed by atoms with Crippen molar-refractivity contribution in [2.45, 2.75) is 39.3 Å². The molecule has 1 N–H and O–H groups in total. The molecule has 0 bridgehead atoms. The van der Waals surface area contributed by atoms with Gasteiger partial charge in [-0.3, -0.25) is 4.98 Å². The number of hydrogen-bond donors (Lipinski definition) is 1. The number of nitrogens with zero attached hydrogens (tertiary/aromatic N) is 1. The first-order valence-electron chi connectivity index (χ1n) is 7.30. The van der Waals surface area contributed by atoms with Crippen LogP contribution < -0.4 is 5.32 Å². The van der Waals surface area contributed by atoms with Gasteiger partial charge in [0, 0.05) is 30.4 Å². The van der Waals surface area contributed by atoms with Crippen LogP contribution in [0.1, 0.15) is 32.3 Å². The lowest BCUT2D eigenvalue weighted by Gasteiger charge is -2.20. The summed E-state index contributed by atoms with van der Waals surface area (Å²) in [5.74, 6) is 1.64. The van der Waals surface area contributed by atoms with Gasteiger partial charge in [-0.15, -0.1) is 0 Å². The molecule has 2 aromatic rings. The van der Waals surface area contributed by atoms with Crippen molar-refractivity contribution in [3.8, 4) is 0 Å². The molecule has 3 rings (SSSR count). The van der Waals surface area contributed by atoms with Crippen LogP contribution in [0.4, 0.5) is 0 Å². The van der Waals surface area contributed by atoms with Gasteiger partial charge >= 0.3 is 0 Å². The third kappa shape index (κ3) is 2.50. The van der Waals surface area contributed by atoms with Crippen molar-refractivity contribution >= 4 is 10.8 Å². The number of fused-ring (bicyclic) bond motifs is 1. The van der Waals surface area contributed by atoms with Gasteiger partial charge in [0.05, 0.1) is 0 Å². The minimum absolute atomic E-state index is 0.673. The second kappa shape index (κ2) is 5.30. The van der Waals surface area contributed by atoms with Gasteiger partial charge in [-0.1, -0.05) is 32.0 Å². The largest absolute Gasteiger partial charge is 0.310 e. The summed E-state index contributed by atoms with van der Waals surface area (Å²) in [5, 5.41) is 6.30. The van der Waals surface area contributed by atoms with E-state index in [1.54, 1.807) is 0 Å². The minimum Gasteiger partial charge on any atom is -0.310 e. The standard InChI is InChI=1S/C17H22N2/c1-12-6-7-17(13(12)2)19-11-15-5-3-4-14-10-18-9-8-16(14)15/h3-5,8-10,12-13,17,19H,6-7,11H2,1-2H3. The van der Waals surface area contributed by atoms with Crippen molar-refractivity contribution in [3.05, 3.63) is 42.2 Å². The summed E-state index contributed by atoms with van der Waals surface area (Å²) in [6, 6.07) is 9.27. The van der Waals surface area contributed by atoms with Crippen molar-refractivity contribution in [1.82, 2.24) is 10.3 Å². The maximum atomic E-state index is 4.19. The molecule has 2 nitrogen and oxygen atoms in total. The van der Waals surface area contributed by atoms with E-state index in [1.807, 2.05) is 12.4 Å². The smallest absolute Gasteiger partial charge is 0.0346 e. The molecule has 100 valence electrons. The van der Waals surface area contributed by atoms with Gasteiger partial charge in [-0.05, 0) is 41.7 Å². The van der Waals surface area contributed by atoms with Gasteiger partial charge in [-0.2, -0.15) is 0 Å². The highest BCUT2D eigenvalue weighted by Gasteiger charge is 2.29. The first-order chi connectivity index (χ1) is 9.25. The van der Waals surface area contributed by atoms with Crippen LogP contribution in [0.2, 0.25) is 0 Å². The molecule has 3 atom stereocenters. The molecule has 0 radical (unpaired) electrons. The first-order valence-corrected chi connectivity index (χ1v) is 7.30. The van der Waals surface area contributed by atoms with Crippen LogP contribution in [-0.2, 0) is 6.54 Å². The van der Waals surface area contributed by atoms with Crippen molar-refractivity contribution in [2.75, 3.05) is 0 Å². The van der Waals surface area contributed by atoms with Crippen LogP contribution in [0.3, 0.4) is 0 Å². The van der Waals surface area contributed by atoms with Gasteiger partial charge in [0.25, 0.3) is 0 Å². The van der Waals surface area contributed by atoms with E-state index in [2.05, 4.69) is 48.4 Å². The summed E-state index contributed by atoms with van der Waals surface area (Å²) >= 11 is 0. The first kappa shape index (κ1) is 12.6. The zero-order chi connectivity index (χ0) is 13.2. The zero-order valence-corrected chi connectivity index (χ0v) is 11.8. The van der Waals surface area contributed by atoms with Crippen LogP contribution in [0.5, 0.6) is 0 Å². The number of rotatable bonds is 3. The molecular weight excluding hydrogens is 232 g/mol. The molecular formula is C17H22N2. The second-order valence-corrected chi connectivity index (χ2v) is 5.92. The summed E-state index contributed by atoms with van der Waals surface area (Å²) < 4.78 is 0. The third-order valence-corrected chi connectivity index (χ3v) is 4.79. The van der Waals surface area contributed by atoms with Crippen LogP contribution in [-0.4, -0.2) is 11.0 Å². The fraction of sp³-hybridized carbons (Fsp3) is 0.471. The quantitative estimate of drug-likeness (QED) is 0.902. The van der Waals surface area contributed by atoms with Crippen molar-refractivity contribution < 1.29 is 0 Å². The Kier molecular flexibility index (Phi) is 3.52. The predicted octanol–water partition coefficient (Wildman–Crippen LogP) is 3.76.